The van der Waals surface area contributed by atoms with Crippen LogP contribution in [0.2, 0.25) is 0 Å². The highest BCUT2D eigenvalue weighted by molar-refractivity contribution is 5.76. The van der Waals surface area contributed by atoms with Crippen molar-refractivity contribution in [3.8, 4) is 0 Å². The number of rotatable bonds is 6. The molecule has 156 valence electrons. The van der Waals surface area contributed by atoms with E-state index in [2.05, 4.69) is 10.2 Å². The smallest absolute Gasteiger partial charge is 0.369 e. The molecule has 0 aromatic heterocycles. The summed E-state index contributed by atoms with van der Waals surface area (Å²) >= 11 is 0. The molecule has 0 spiro atoms. The second-order valence-corrected chi connectivity index (χ2v) is 7.33. The number of anilines is 1. The largest absolute Gasteiger partial charge is 0.416 e. The van der Waals surface area contributed by atoms with E-state index in [-0.39, 0.29) is 11.9 Å². The number of benzene rings is 2. The summed E-state index contributed by atoms with van der Waals surface area (Å²) in [7, 11) is 0. The summed E-state index contributed by atoms with van der Waals surface area (Å²) < 4.78 is 38.7. The molecule has 0 unspecified atom stereocenters. The summed E-state index contributed by atoms with van der Waals surface area (Å²) in [5.41, 5.74) is 1.03. The molecular formula is C22H26F3N3O. The van der Waals surface area contributed by atoms with Crippen LogP contribution in [0, 0.1) is 0 Å². The molecule has 1 atom stereocenters. The molecule has 0 bridgehead atoms. The molecule has 1 saturated heterocycles. The van der Waals surface area contributed by atoms with Crippen LogP contribution in [0.15, 0.2) is 54.6 Å². The number of carbonyl (C=O) groups excluding carboxylic acids is 1. The first-order valence-electron chi connectivity index (χ1n) is 9.82. The fraction of sp³-hybridized carbons (Fsp3) is 0.409. The minimum Gasteiger partial charge on any atom is -0.369 e. The van der Waals surface area contributed by atoms with Crippen molar-refractivity contribution in [3.63, 3.8) is 0 Å². The monoisotopic (exact) mass is 405 g/mol. The van der Waals surface area contributed by atoms with Gasteiger partial charge in [0.15, 0.2) is 0 Å². The fourth-order valence-corrected chi connectivity index (χ4v) is 3.51. The average molecular weight is 405 g/mol. The van der Waals surface area contributed by atoms with Gasteiger partial charge in [0.2, 0.25) is 5.91 Å². The highest BCUT2D eigenvalue weighted by Gasteiger charge is 2.31. The van der Waals surface area contributed by atoms with Gasteiger partial charge in [0.25, 0.3) is 0 Å². The third kappa shape index (κ3) is 5.97. The zero-order valence-electron chi connectivity index (χ0n) is 16.5. The van der Waals surface area contributed by atoms with Crippen molar-refractivity contribution in [2.45, 2.75) is 25.6 Å². The quantitative estimate of drug-likeness (QED) is 0.786. The number of halogens is 3. The van der Waals surface area contributed by atoms with E-state index in [1.165, 1.54) is 12.1 Å². The van der Waals surface area contributed by atoms with Gasteiger partial charge in [-0.25, -0.2) is 0 Å². The van der Waals surface area contributed by atoms with Crippen LogP contribution in [0.4, 0.5) is 18.9 Å². The number of alkyl halides is 3. The second kappa shape index (κ2) is 9.31. The normalized spacial score (nSPS) is 16.5. The number of hydrogen-bond acceptors (Lipinski definition) is 3. The summed E-state index contributed by atoms with van der Waals surface area (Å²) in [6, 6.07) is 15.2. The summed E-state index contributed by atoms with van der Waals surface area (Å²) in [5.74, 6) is 0.00154. The van der Waals surface area contributed by atoms with Gasteiger partial charge in [-0.05, 0) is 30.7 Å². The molecule has 1 amide bonds. The Kier molecular flexibility index (Phi) is 6.79. The van der Waals surface area contributed by atoms with E-state index in [9.17, 15) is 18.0 Å². The van der Waals surface area contributed by atoms with Crippen LogP contribution in [0.25, 0.3) is 0 Å². The Morgan fingerprint density at radius 1 is 1.03 bits per heavy atom. The molecule has 1 fully saturated rings. The molecule has 1 heterocycles. The Balaban J connectivity index is 1.44. The number of hydrogen-bond donors (Lipinski definition) is 1. The molecule has 0 saturated carbocycles. The zero-order valence-corrected chi connectivity index (χ0v) is 16.5. The predicted molar refractivity (Wildman–Crippen MR) is 108 cm³/mol. The van der Waals surface area contributed by atoms with Gasteiger partial charge in [0, 0.05) is 44.8 Å². The maximum Gasteiger partial charge on any atom is 0.416 e. The first-order valence-corrected chi connectivity index (χ1v) is 9.82. The van der Waals surface area contributed by atoms with Crippen molar-refractivity contribution in [2.75, 3.05) is 37.6 Å². The molecule has 0 aliphatic carbocycles. The van der Waals surface area contributed by atoms with Gasteiger partial charge in [-0.15, -0.1) is 0 Å². The number of nitrogens with zero attached hydrogens (tertiary/aromatic N) is 2. The molecule has 1 N–H and O–H groups in total. The summed E-state index contributed by atoms with van der Waals surface area (Å²) in [6.07, 6.45) is -3.93. The fourth-order valence-electron chi connectivity index (χ4n) is 3.51. The lowest BCUT2D eigenvalue weighted by Crippen LogP contribution is -2.47. The molecule has 4 nitrogen and oxygen atoms in total. The molecule has 1 aliphatic heterocycles. The Hall–Kier alpha value is -2.54. The molecule has 29 heavy (non-hydrogen) atoms. The van der Waals surface area contributed by atoms with E-state index in [1.54, 1.807) is 6.07 Å². The molecular weight excluding hydrogens is 379 g/mol. The number of nitrogens with one attached hydrogen (secondary N) is 1. The molecule has 2 aromatic rings. The topological polar surface area (TPSA) is 35.6 Å². The van der Waals surface area contributed by atoms with E-state index in [4.69, 9.17) is 0 Å². The summed E-state index contributed by atoms with van der Waals surface area (Å²) in [5, 5.41) is 3.01. The van der Waals surface area contributed by atoms with Crippen LogP contribution in [0.5, 0.6) is 0 Å². The van der Waals surface area contributed by atoms with Gasteiger partial charge in [-0.3, -0.25) is 9.69 Å². The van der Waals surface area contributed by atoms with Gasteiger partial charge in [0.05, 0.1) is 11.6 Å². The van der Waals surface area contributed by atoms with Crippen molar-refractivity contribution < 1.29 is 18.0 Å². The third-order valence-corrected chi connectivity index (χ3v) is 5.24. The van der Waals surface area contributed by atoms with Crippen molar-refractivity contribution in [1.82, 2.24) is 10.2 Å². The van der Waals surface area contributed by atoms with Crippen molar-refractivity contribution in [2.24, 2.45) is 0 Å². The minimum absolute atomic E-state index is 0.00154. The third-order valence-electron chi connectivity index (χ3n) is 5.24. The van der Waals surface area contributed by atoms with Crippen LogP contribution in [0.1, 0.15) is 30.5 Å². The average Bonchev–Trinajstić information content (AvgIpc) is 2.73. The second-order valence-electron chi connectivity index (χ2n) is 7.33. The molecule has 2 aromatic carbocycles. The number of amides is 1. The standard InChI is InChI=1S/C22H26F3N3O/c1-17(18-6-3-2-4-7-18)26-21(29)10-11-27-12-14-28(15-13-27)20-9-5-8-19(16-20)22(23,24)25/h2-9,16-17H,10-15H2,1H3,(H,26,29)/t17-/m0/s1. The van der Waals surface area contributed by atoms with Gasteiger partial charge in [-0.2, -0.15) is 13.2 Å². The Morgan fingerprint density at radius 2 is 1.72 bits per heavy atom. The van der Waals surface area contributed by atoms with Crippen LogP contribution >= 0.6 is 0 Å². The first-order chi connectivity index (χ1) is 13.8. The molecule has 3 rings (SSSR count). The van der Waals surface area contributed by atoms with Crippen LogP contribution in [0.3, 0.4) is 0 Å². The Morgan fingerprint density at radius 3 is 2.38 bits per heavy atom. The summed E-state index contributed by atoms with van der Waals surface area (Å²) in [6.45, 7) is 5.33. The maximum absolute atomic E-state index is 12.9. The Bertz CT molecular complexity index is 802. The van der Waals surface area contributed by atoms with E-state index >= 15 is 0 Å². The number of carbonyl (C=O) groups is 1. The highest BCUT2D eigenvalue weighted by atomic mass is 19.4. The highest BCUT2D eigenvalue weighted by Crippen LogP contribution is 2.31. The Labute approximate surface area is 169 Å². The van der Waals surface area contributed by atoms with Crippen LogP contribution in [-0.4, -0.2) is 43.5 Å². The summed E-state index contributed by atoms with van der Waals surface area (Å²) in [4.78, 5) is 16.4. The van der Waals surface area contributed by atoms with Gasteiger partial charge < -0.3 is 10.2 Å². The molecule has 1 aliphatic rings. The van der Waals surface area contributed by atoms with Gasteiger partial charge in [0.1, 0.15) is 0 Å². The molecule has 0 radical (unpaired) electrons. The van der Waals surface area contributed by atoms with E-state index in [1.807, 2.05) is 42.2 Å². The lowest BCUT2D eigenvalue weighted by Gasteiger charge is -2.36. The zero-order chi connectivity index (χ0) is 20.9. The first kappa shape index (κ1) is 21.2. The van der Waals surface area contributed by atoms with Crippen molar-refractivity contribution in [3.05, 3.63) is 65.7 Å². The van der Waals surface area contributed by atoms with Crippen molar-refractivity contribution in [1.29, 1.82) is 0 Å². The molecule has 7 heteroatoms. The predicted octanol–water partition coefficient (Wildman–Crippen LogP) is 4.09. The lowest BCUT2D eigenvalue weighted by molar-refractivity contribution is -0.137. The van der Waals surface area contributed by atoms with Crippen LogP contribution in [-0.2, 0) is 11.0 Å². The van der Waals surface area contributed by atoms with E-state index in [0.29, 0.717) is 31.7 Å². The lowest BCUT2D eigenvalue weighted by atomic mass is 10.1. The van der Waals surface area contributed by atoms with Crippen molar-refractivity contribution >= 4 is 11.6 Å². The minimum atomic E-state index is -4.33. The van der Waals surface area contributed by atoms with Crippen LogP contribution < -0.4 is 10.2 Å². The van der Waals surface area contributed by atoms with E-state index in [0.717, 1.165) is 24.7 Å². The van der Waals surface area contributed by atoms with E-state index < -0.39 is 11.7 Å². The van der Waals surface area contributed by atoms with Gasteiger partial charge in [-0.1, -0.05) is 36.4 Å². The van der Waals surface area contributed by atoms with Gasteiger partial charge >= 0.3 is 6.18 Å². The SMILES string of the molecule is C[C@H](NC(=O)CCN1CCN(c2cccc(C(F)(F)F)c2)CC1)c1ccccc1. The number of piperazine rings is 1. The maximum atomic E-state index is 12.9.